The first-order valence-corrected chi connectivity index (χ1v) is 5.91. The third-order valence-electron chi connectivity index (χ3n) is 2.69. The van der Waals surface area contributed by atoms with Crippen molar-refractivity contribution in [3.05, 3.63) is 46.3 Å². The van der Waals surface area contributed by atoms with E-state index < -0.39 is 17.4 Å². The molecule has 0 saturated carbocycles. The van der Waals surface area contributed by atoms with Crippen LogP contribution in [0.2, 0.25) is 0 Å². The van der Waals surface area contributed by atoms with Gasteiger partial charge < -0.3 is 4.42 Å². The molecule has 0 unspecified atom stereocenters. The van der Waals surface area contributed by atoms with Gasteiger partial charge in [-0.25, -0.2) is 16.1 Å². The Morgan fingerprint density at radius 3 is 2.67 bits per heavy atom. The Labute approximate surface area is 118 Å². The molecule has 0 aliphatic rings. The van der Waals surface area contributed by atoms with E-state index in [4.69, 9.17) is 10.3 Å². The quantitative estimate of drug-likeness (QED) is 0.173. The minimum absolute atomic E-state index is 0.183. The molecule has 4 N–H and O–H groups in total. The van der Waals surface area contributed by atoms with Gasteiger partial charge >= 0.3 is 17.4 Å². The Bertz CT molecular complexity index is 794. The molecule has 1 aromatic heterocycles. The van der Waals surface area contributed by atoms with Crippen molar-refractivity contribution in [1.29, 1.82) is 0 Å². The van der Waals surface area contributed by atoms with Crippen molar-refractivity contribution in [3.8, 4) is 0 Å². The second-order valence-corrected chi connectivity index (χ2v) is 4.10. The van der Waals surface area contributed by atoms with E-state index in [-0.39, 0.29) is 11.3 Å². The molecule has 0 radical (unpaired) electrons. The maximum absolute atomic E-state index is 11.8. The first-order valence-electron chi connectivity index (χ1n) is 5.91. The summed E-state index contributed by atoms with van der Waals surface area (Å²) in [5.74, 6) is 2.72. The molecule has 1 heterocycles. The van der Waals surface area contributed by atoms with Gasteiger partial charge in [0.05, 0.1) is 11.3 Å². The van der Waals surface area contributed by atoms with Gasteiger partial charge in [-0.15, -0.1) is 0 Å². The lowest BCUT2D eigenvalue weighted by atomic mass is 10.1. The molecule has 21 heavy (non-hydrogen) atoms. The Morgan fingerprint density at radius 1 is 1.24 bits per heavy atom. The predicted octanol–water partition coefficient (Wildman–Crippen LogP) is -0.377. The van der Waals surface area contributed by atoms with Crippen LogP contribution in [0, 0.1) is 0 Å². The number of hydrazine groups is 1. The van der Waals surface area contributed by atoms with Crippen LogP contribution >= 0.6 is 0 Å². The smallest absolute Gasteiger partial charge is 0.345 e. The molecule has 0 aliphatic carbocycles. The van der Waals surface area contributed by atoms with Gasteiger partial charge in [0.1, 0.15) is 5.58 Å². The first-order chi connectivity index (χ1) is 10.0. The summed E-state index contributed by atoms with van der Waals surface area (Å²) in [5, 5.41) is 4.39. The van der Waals surface area contributed by atoms with Gasteiger partial charge in [0.25, 0.3) is 0 Å². The number of rotatable bonds is 2. The number of hydrogen-bond donors (Lipinski definition) is 3. The lowest BCUT2D eigenvalue weighted by Crippen LogP contribution is -2.41. The van der Waals surface area contributed by atoms with Crippen molar-refractivity contribution in [2.45, 2.75) is 6.92 Å². The molecule has 8 heteroatoms. The summed E-state index contributed by atoms with van der Waals surface area (Å²) in [6.45, 7) is 1.50. The molecule has 8 nitrogen and oxygen atoms in total. The van der Waals surface area contributed by atoms with Gasteiger partial charge in [0.2, 0.25) is 0 Å². The van der Waals surface area contributed by atoms with E-state index in [0.29, 0.717) is 11.0 Å². The zero-order valence-corrected chi connectivity index (χ0v) is 11.0. The summed E-state index contributed by atoms with van der Waals surface area (Å²) in [7, 11) is 0. The summed E-state index contributed by atoms with van der Waals surface area (Å²) >= 11 is 0. The zero-order chi connectivity index (χ0) is 15.4. The fourth-order valence-corrected chi connectivity index (χ4v) is 1.63. The lowest BCUT2D eigenvalue weighted by Gasteiger charge is -2.02. The predicted molar refractivity (Wildman–Crippen MR) is 75.2 cm³/mol. The monoisotopic (exact) mass is 288 g/mol. The second-order valence-electron chi connectivity index (χ2n) is 4.10. The number of hydrazone groups is 1. The van der Waals surface area contributed by atoms with Crippen LogP contribution in [0.5, 0.6) is 0 Å². The summed E-state index contributed by atoms with van der Waals surface area (Å²) in [5.41, 5.74) is 3.89. The summed E-state index contributed by atoms with van der Waals surface area (Å²) in [6.07, 6.45) is 0. The van der Waals surface area contributed by atoms with Gasteiger partial charge in [0, 0.05) is 5.39 Å². The molecule has 2 rings (SSSR count). The second kappa shape index (κ2) is 5.97. The number of nitrogens with one attached hydrogen (secondary N) is 2. The highest BCUT2D eigenvalue weighted by Gasteiger charge is 2.12. The van der Waals surface area contributed by atoms with Crippen molar-refractivity contribution in [2.24, 2.45) is 10.9 Å². The lowest BCUT2D eigenvalue weighted by molar-refractivity contribution is -0.139. The van der Waals surface area contributed by atoms with Crippen LogP contribution in [0.4, 0.5) is 0 Å². The Hall–Kier alpha value is -3.00. The van der Waals surface area contributed by atoms with Crippen molar-refractivity contribution in [2.75, 3.05) is 0 Å². The average Bonchev–Trinajstić information content (AvgIpc) is 2.50. The number of hydrogen-bond acceptors (Lipinski definition) is 6. The summed E-state index contributed by atoms with van der Waals surface area (Å²) in [4.78, 5) is 34.0. The zero-order valence-electron chi connectivity index (χ0n) is 11.0. The van der Waals surface area contributed by atoms with Crippen molar-refractivity contribution in [3.63, 3.8) is 0 Å². The highest BCUT2D eigenvalue weighted by molar-refractivity contribution is 6.34. The normalized spacial score (nSPS) is 11.2. The first kappa shape index (κ1) is 14.4. The van der Waals surface area contributed by atoms with Crippen LogP contribution in [0.1, 0.15) is 12.5 Å². The molecule has 0 spiro atoms. The molecule has 2 aromatic rings. The maximum Gasteiger partial charge on any atom is 0.345 e. The van der Waals surface area contributed by atoms with E-state index in [1.165, 1.54) is 6.92 Å². The third kappa shape index (κ3) is 3.12. The van der Waals surface area contributed by atoms with E-state index in [1.807, 2.05) is 5.43 Å². The standard InChI is InChI=1S/C13H12N4O4/c1-7(16-17-12(19)11(18)15-14)9-6-8-4-2-3-5-10(8)21-13(9)20/h2-6H,14H2,1H3,(H,15,18)(H,17,19)/b16-7-. The summed E-state index contributed by atoms with van der Waals surface area (Å²) < 4.78 is 5.14. The molecule has 0 atom stereocenters. The number of nitrogens with zero attached hydrogens (tertiary/aromatic N) is 1. The molecule has 0 saturated heterocycles. The van der Waals surface area contributed by atoms with Crippen molar-refractivity contribution < 1.29 is 14.0 Å². The van der Waals surface area contributed by atoms with Crippen LogP contribution in [0.15, 0.2) is 44.6 Å². The molecular formula is C13H12N4O4. The van der Waals surface area contributed by atoms with Crippen LogP contribution in [-0.2, 0) is 9.59 Å². The number of benzene rings is 1. The maximum atomic E-state index is 11.8. The molecule has 108 valence electrons. The van der Waals surface area contributed by atoms with Crippen molar-refractivity contribution in [1.82, 2.24) is 10.9 Å². The van der Waals surface area contributed by atoms with Crippen LogP contribution < -0.4 is 22.3 Å². The highest BCUT2D eigenvalue weighted by Crippen LogP contribution is 2.12. The van der Waals surface area contributed by atoms with E-state index in [0.717, 1.165) is 0 Å². The molecule has 1 aromatic carbocycles. The topological polar surface area (TPSA) is 127 Å². The van der Waals surface area contributed by atoms with Crippen LogP contribution in [0.3, 0.4) is 0 Å². The number of nitrogens with two attached hydrogens (primary N) is 1. The highest BCUT2D eigenvalue weighted by atomic mass is 16.4. The van der Waals surface area contributed by atoms with E-state index in [1.54, 1.807) is 35.8 Å². The molecule has 0 bridgehead atoms. The number of fused-ring (bicyclic) bond motifs is 1. The van der Waals surface area contributed by atoms with Crippen LogP contribution in [0.25, 0.3) is 11.0 Å². The molecule has 0 fully saturated rings. The van der Waals surface area contributed by atoms with Gasteiger partial charge in [-0.3, -0.25) is 15.0 Å². The largest absolute Gasteiger partial charge is 0.422 e. The van der Waals surface area contributed by atoms with Gasteiger partial charge in [-0.1, -0.05) is 18.2 Å². The average molecular weight is 288 g/mol. The summed E-state index contributed by atoms with van der Waals surface area (Å²) in [6, 6.07) is 8.58. The van der Waals surface area contributed by atoms with E-state index in [2.05, 4.69) is 5.10 Å². The van der Waals surface area contributed by atoms with Crippen LogP contribution in [-0.4, -0.2) is 17.5 Å². The minimum atomic E-state index is -1.04. The van der Waals surface area contributed by atoms with E-state index in [9.17, 15) is 14.4 Å². The fraction of sp³-hybridized carbons (Fsp3) is 0.0769. The SMILES string of the molecule is C/C(=N/NC(=O)C(=O)NN)c1cc2ccccc2oc1=O. The van der Waals surface area contributed by atoms with Gasteiger partial charge in [-0.2, -0.15) is 5.10 Å². The number of amides is 2. The fourth-order valence-electron chi connectivity index (χ4n) is 1.63. The molecule has 0 aliphatic heterocycles. The van der Waals surface area contributed by atoms with Gasteiger partial charge in [-0.05, 0) is 19.1 Å². The molecule has 2 amide bonds. The van der Waals surface area contributed by atoms with E-state index >= 15 is 0 Å². The Balaban J connectivity index is 2.32. The number of carbonyl (C=O) groups excluding carboxylic acids is 2. The number of para-hydroxylation sites is 1. The minimum Gasteiger partial charge on any atom is -0.422 e. The molecular weight excluding hydrogens is 276 g/mol. The van der Waals surface area contributed by atoms with Crippen molar-refractivity contribution >= 4 is 28.5 Å². The Morgan fingerprint density at radius 2 is 1.95 bits per heavy atom. The number of carbonyl (C=O) groups is 2. The van der Waals surface area contributed by atoms with Gasteiger partial charge in [0.15, 0.2) is 0 Å². The third-order valence-corrected chi connectivity index (χ3v) is 2.69. The Kier molecular flexibility index (Phi) is 4.10.